The predicted octanol–water partition coefficient (Wildman–Crippen LogP) is 5.55. The number of fused-ring (bicyclic) bond motifs is 1. The number of benzene rings is 2. The third kappa shape index (κ3) is 3.91. The van der Waals surface area contributed by atoms with Crippen LogP contribution in [0.1, 0.15) is 16.1 Å². The molecule has 0 atom stereocenters. The first-order chi connectivity index (χ1) is 15.1. The molecular weight excluding hydrogens is 433 g/mol. The number of halogens is 2. The molecule has 0 N–H and O–H groups in total. The van der Waals surface area contributed by atoms with Crippen molar-refractivity contribution in [2.45, 2.75) is 6.54 Å². The SMILES string of the molecule is O=C(c1cc2occc2n1Cc1ccccc1Cl)N1CCN(c2cccc(Cl)c2)CC1. The summed E-state index contributed by atoms with van der Waals surface area (Å²) in [4.78, 5) is 17.6. The Morgan fingerprint density at radius 1 is 0.935 bits per heavy atom. The summed E-state index contributed by atoms with van der Waals surface area (Å²) in [5, 5.41) is 1.40. The Hall–Kier alpha value is -2.89. The van der Waals surface area contributed by atoms with Crippen LogP contribution in [0.25, 0.3) is 11.1 Å². The van der Waals surface area contributed by atoms with E-state index in [0.29, 0.717) is 35.9 Å². The molecule has 0 unspecified atom stereocenters. The summed E-state index contributed by atoms with van der Waals surface area (Å²) in [6.45, 7) is 3.31. The minimum absolute atomic E-state index is 0.00389. The monoisotopic (exact) mass is 453 g/mol. The third-order valence-corrected chi connectivity index (χ3v) is 6.37. The van der Waals surface area contributed by atoms with Gasteiger partial charge in [0.05, 0.1) is 11.8 Å². The normalized spacial score (nSPS) is 14.4. The molecule has 0 radical (unpaired) electrons. The van der Waals surface area contributed by atoms with Gasteiger partial charge in [0.15, 0.2) is 5.58 Å². The van der Waals surface area contributed by atoms with Gasteiger partial charge in [-0.25, -0.2) is 0 Å². The Labute approximate surface area is 190 Å². The molecule has 158 valence electrons. The minimum atomic E-state index is 0.00389. The fraction of sp³-hybridized carbons (Fsp3) is 0.208. The zero-order valence-electron chi connectivity index (χ0n) is 16.8. The number of piperazine rings is 1. The number of carbonyl (C=O) groups is 1. The lowest BCUT2D eigenvalue weighted by atomic mass is 10.2. The zero-order valence-corrected chi connectivity index (χ0v) is 18.3. The summed E-state index contributed by atoms with van der Waals surface area (Å²) in [7, 11) is 0. The van der Waals surface area contributed by atoms with Crippen LogP contribution in [0.4, 0.5) is 5.69 Å². The highest BCUT2D eigenvalue weighted by atomic mass is 35.5. The summed E-state index contributed by atoms with van der Waals surface area (Å²) < 4.78 is 7.58. The van der Waals surface area contributed by atoms with Gasteiger partial charge in [-0.3, -0.25) is 4.79 Å². The van der Waals surface area contributed by atoms with Crippen molar-refractivity contribution in [3.05, 3.63) is 88.2 Å². The molecule has 3 heterocycles. The molecular formula is C24H21Cl2N3O2. The molecule has 5 nitrogen and oxygen atoms in total. The van der Waals surface area contributed by atoms with Crippen LogP contribution in [0.15, 0.2) is 71.3 Å². The predicted molar refractivity (Wildman–Crippen MR) is 124 cm³/mol. The number of aromatic nitrogens is 1. The van der Waals surface area contributed by atoms with Gasteiger partial charge in [-0.1, -0.05) is 47.5 Å². The Kier molecular flexibility index (Phi) is 5.38. The minimum Gasteiger partial charge on any atom is -0.463 e. The van der Waals surface area contributed by atoms with Gasteiger partial charge < -0.3 is 18.8 Å². The van der Waals surface area contributed by atoms with Crippen LogP contribution in [-0.2, 0) is 6.54 Å². The number of anilines is 1. The van der Waals surface area contributed by atoms with Crippen molar-refractivity contribution >= 4 is 45.9 Å². The summed E-state index contributed by atoms with van der Waals surface area (Å²) in [5.41, 5.74) is 4.25. The molecule has 1 fully saturated rings. The Morgan fingerprint density at radius 3 is 2.52 bits per heavy atom. The van der Waals surface area contributed by atoms with Gasteiger partial charge >= 0.3 is 0 Å². The molecule has 31 heavy (non-hydrogen) atoms. The van der Waals surface area contributed by atoms with Crippen molar-refractivity contribution in [3.8, 4) is 0 Å². The van der Waals surface area contributed by atoms with E-state index >= 15 is 0 Å². The molecule has 0 saturated carbocycles. The molecule has 1 aliphatic heterocycles. The maximum absolute atomic E-state index is 13.5. The Bertz CT molecular complexity index is 1240. The average molecular weight is 454 g/mol. The number of carbonyl (C=O) groups excluding carboxylic acids is 1. The van der Waals surface area contributed by atoms with Crippen LogP contribution < -0.4 is 4.90 Å². The number of amides is 1. The summed E-state index contributed by atoms with van der Waals surface area (Å²) in [5.74, 6) is 0.00389. The average Bonchev–Trinajstić information content (AvgIpc) is 3.37. The first-order valence-corrected chi connectivity index (χ1v) is 11.0. The van der Waals surface area contributed by atoms with Crippen LogP contribution in [-0.4, -0.2) is 41.6 Å². The maximum Gasteiger partial charge on any atom is 0.270 e. The molecule has 7 heteroatoms. The van der Waals surface area contributed by atoms with E-state index in [0.717, 1.165) is 34.9 Å². The van der Waals surface area contributed by atoms with E-state index in [1.165, 1.54) is 0 Å². The molecule has 1 amide bonds. The lowest BCUT2D eigenvalue weighted by molar-refractivity contribution is 0.0737. The second-order valence-corrected chi connectivity index (χ2v) is 8.48. The highest BCUT2D eigenvalue weighted by Crippen LogP contribution is 2.27. The van der Waals surface area contributed by atoms with Gasteiger partial charge in [0.25, 0.3) is 5.91 Å². The van der Waals surface area contributed by atoms with Crippen LogP contribution in [0.3, 0.4) is 0 Å². The van der Waals surface area contributed by atoms with Gasteiger partial charge in [0, 0.05) is 60.6 Å². The highest BCUT2D eigenvalue weighted by molar-refractivity contribution is 6.31. The van der Waals surface area contributed by atoms with Gasteiger partial charge in [0.2, 0.25) is 0 Å². The number of nitrogens with zero attached hydrogens (tertiary/aromatic N) is 3. The number of furan rings is 1. The lowest BCUT2D eigenvalue weighted by Crippen LogP contribution is -2.49. The first kappa shape index (κ1) is 20.0. The molecule has 2 aromatic heterocycles. The molecule has 5 rings (SSSR count). The van der Waals surface area contributed by atoms with Gasteiger partial charge in [0.1, 0.15) is 5.69 Å². The van der Waals surface area contributed by atoms with Crippen molar-refractivity contribution < 1.29 is 9.21 Å². The zero-order chi connectivity index (χ0) is 21.4. The molecule has 1 aliphatic rings. The van der Waals surface area contributed by atoms with Crippen molar-refractivity contribution in [2.75, 3.05) is 31.1 Å². The standard InChI is InChI=1S/C24H21Cl2N3O2/c25-18-5-3-6-19(14-18)27-9-11-28(12-10-27)24(30)22-15-23-21(8-13-31-23)29(22)16-17-4-1-2-7-20(17)26/h1-8,13-15H,9-12,16H2. The quantitative estimate of drug-likeness (QED) is 0.406. The van der Waals surface area contributed by atoms with Crippen LogP contribution in [0.2, 0.25) is 10.0 Å². The summed E-state index contributed by atoms with van der Waals surface area (Å²) in [6.07, 6.45) is 1.64. The van der Waals surface area contributed by atoms with Crippen molar-refractivity contribution in [1.29, 1.82) is 0 Å². The van der Waals surface area contributed by atoms with Crippen LogP contribution in [0.5, 0.6) is 0 Å². The van der Waals surface area contributed by atoms with Crippen LogP contribution in [0, 0.1) is 0 Å². The topological polar surface area (TPSA) is 41.6 Å². The highest BCUT2D eigenvalue weighted by Gasteiger charge is 2.26. The Balaban J connectivity index is 1.38. The van der Waals surface area contributed by atoms with E-state index in [2.05, 4.69) is 4.90 Å². The van der Waals surface area contributed by atoms with Crippen molar-refractivity contribution in [1.82, 2.24) is 9.47 Å². The lowest BCUT2D eigenvalue weighted by Gasteiger charge is -2.36. The molecule has 0 aliphatic carbocycles. The van der Waals surface area contributed by atoms with E-state index in [9.17, 15) is 4.79 Å². The van der Waals surface area contributed by atoms with Crippen molar-refractivity contribution in [3.63, 3.8) is 0 Å². The van der Waals surface area contributed by atoms with E-state index < -0.39 is 0 Å². The second-order valence-electron chi connectivity index (χ2n) is 7.64. The van der Waals surface area contributed by atoms with E-state index in [-0.39, 0.29) is 5.91 Å². The number of rotatable bonds is 4. The van der Waals surface area contributed by atoms with E-state index in [4.69, 9.17) is 27.6 Å². The largest absolute Gasteiger partial charge is 0.463 e. The molecule has 4 aromatic rings. The molecule has 0 bridgehead atoms. The van der Waals surface area contributed by atoms with Crippen molar-refractivity contribution in [2.24, 2.45) is 0 Å². The van der Waals surface area contributed by atoms with Crippen LogP contribution >= 0.6 is 23.2 Å². The fourth-order valence-electron chi connectivity index (χ4n) is 4.12. The third-order valence-electron chi connectivity index (χ3n) is 5.77. The number of hydrogen-bond acceptors (Lipinski definition) is 3. The van der Waals surface area contributed by atoms with Gasteiger partial charge in [-0.05, 0) is 29.8 Å². The molecule has 0 spiro atoms. The smallest absolute Gasteiger partial charge is 0.270 e. The summed E-state index contributed by atoms with van der Waals surface area (Å²) >= 11 is 12.5. The first-order valence-electron chi connectivity index (χ1n) is 10.2. The second kappa shape index (κ2) is 8.33. The van der Waals surface area contributed by atoms with Gasteiger partial charge in [-0.2, -0.15) is 0 Å². The summed E-state index contributed by atoms with van der Waals surface area (Å²) in [6, 6.07) is 19.2. The fourth-order valence-corrected chi connectivity index (χ4v) is 4.50. The van der Waals surface area contributed by atoms with E-state index in [1.54, 1.807) is 6.26 Å². The number of hydrogen-bond donors (Lipinski definition) is 0. The molecule has 2 aromatic carbocycles. The maximum atomic E-state index is 13.5. The van der Waals surface area contributed by atoms with Gasteiger partial charge in [-0.15, -0.1) is 0 Å². The Morgan fingerprint density at radius 2 is 1.74 bits per heavy atom. The molecule has 1 saturated heterocycles. The van der Waals surface area contributed by atoms with E-state index in [1.807, 2.05) is 70.1 Å².